The maximum absolute atomic E-state index is 2.40. The Morgan fingerprint density at radius 3 is 2.56 bits per heavy atom. The topological polar surface area (TPSA) is 0 Å². The summed E-state index contributed by atoms with van der Waals surface area (Å²) in [6.45, 7) is 2.16. The van der Waals surface area contributed by atoms with Gasteiger partial charge in [0.25, 0.3) is 0 Å². The molecule has 0 heterocycles. The molecule has 1 rings (SSSR count). The van der Waals surface area contributed by atoms with Crippen LogP contribution in [0.25, 0.3) is 0 Å². The van der Waals surface area contributed by atoms with Crippen LogP contribution in [0.5, 0.6) is 0 Å². The molecule has 0 fully saturated rings. The van der Waals surface area contributed by atoms with E-state index >= 15 is 0 Å². The van der Waals surface area contributed by atoms with E-state index in [0.717, 1.165) is 0 Å². The number of hydrogen-bond donors (Lipinski definition) is 0. The molecule has 48 valence electrons. The molecule has 9 heavy (non-hydrogen) atoms. The number of hydrogen-bond acceptors (Lipinski definition) is 0. The molecule has 1 aromatic carbocycles. The highest BCUT2D eigenvalue weighted by Gasteiger charge is 1.93. The number of rotatable bonds is 0. The summed E-state index contributed by atoms with van der Waals surface area (Å²) in [6.07, 6.45) is 0. The lowest BCUT2D eigenvalue weighted by molar-refractivity contribution is 1.45. The van der Waals surface area contributed by atoms with Gasteiger partial charge < -0.3 is 0 Å². The molecule has 0 aliphatic carbocycles. The lowest BCUT2D eigenvalue weighted by atomic mass is 10.2. The minimum Gasteiger partial charge on any atom is -0.0630 e. The van der Waals surface area contributed by atoms with Gasteiger partial charge in [0.1, 0.15) is 0 Å². The van der Waals surface area contributed by atoms with E-state index in [0.29, 0.717) is 0 Å². The first-order valence-electron chi connectivity index (χ1n) is 2.93. The molecule has 1 aromatic rings. The fourth-order valence-corrected chi connectivity index (χ4v) is 1.74. The second kappa shape index (κ2) is 2.83. The predicted molar refractivity (Wildman–Crippen MR) is 53.5 cm³/mol. The molecular formula is C7H9ISi. The van der Waals surface area contributed by atoms with Crippen molar-refractivity contribution >= 4 is 38.0 Å². The third-order valence-electron chi connectivity index (χ3n) is 1.38. The quantitative estimate of drug-likeness (QED) is 0.465. The van der Waals surface area contributed by atoms with E-state index in [-0.39, 0.29) is 0 Å². The number of aryl methyl sites for hydroxylation is 1. The molecule has 0 atom stereocenters. The highest BCUT2D eigenvalue weighted by molar-refractivity contribution is 14.1. The van der Waals surface area contributed by atoms with E-state index in [1.165, 1.54) is 24.6 Å². The third-order valence-corrected chi connectivity index (χ3v) is 4.94. The van der Waals surface area contributed by atoms with Crippen molar-refractivity contribution in [2.24, 2.45) is 0 Å². The molecule has 0 radical (unpaired) electrons. The number of benzene rings is 1. The fraction of sp³-hybridized carbons (Fsp3) is 0.143. The average molecular weight is 248 g/mol. The summed E-state index contributed by atoms with van der Waals surface area (Å²) >= 11 is 2.40. The van der Waals surface area contributed by atoms with Crippen molar-refractivity contribution in [3.63, 3.8) is 0 Å². The second-order valence-corrected chi connectivity index (χ2v) is 4.36. The van der Waals surface area contributed by atoms with Crippen molar-refractivity contribution in [3.8, 4) is 0 Å². The van der Waals surface area contributed by atoms with Crippen LogP contribution in [0, 0.1) is 10.5 Å². The van der Waals surface area contributed by atoms with Crippen LogP contribution in [-0.2, 0) is 0 Å². The average Bonchev–Trinajstić information content (AvgIpc) is 1.83. The van der Waals surface area contributed by atoms with Gasteiger partial charge in [-0.25, -0.2) is 0 Å². The molecule has 0 N–H and O–H groups in total. The predicted octanol–water partition coefficient (Wildman–Crippen LogP) is 0.590. The van der Waals surface area contributed by atoms with Gasteiger partial charge in [0, 0.05) is 13.8 Å². The van der Waals surface area contributed by atoms with Crippen LogP contribution in [0.4, 0.5) is 0 Å². The van der Waals surface area contributed by atoms with Gasteiger partial charge in [0.2, 0.25) is 0 Å². The zero-order valence-corrected chi connectivity index (χ0v) is 9.77. The van der Waals surface area contributed by atoms with Crippen molar-refractivity contribution in [2.75, 3.05) is 0 Å². The Morgan fingerprint density at radius 1 is 1.44 bits per heavy atom. The Morgan fingerprint density at radius 2 is 2.11 bits per heavy atom. The Hall–Kier alpha value is 0.167. The molecular weight excluding hydrogens is 239 g/mol. The minimum atomic E-state index is 1.17. The monoisotopic (exact) mass is 248 g/mol. The van der Waals surface area contributed by atoms with E-state index in [1.807, 2.05) is 0 Å². The second-order valence-electron chi connectivity index (χ2n) is 2.21. The molecule has 0 nitrogen and oxygen atoms in total. The van der Waals surface area contributed by atoms with Crippen LogP contribution in [0.3, 0.4) is 0 Å². The van der Waals surface area contributed by atoms with Crippen LogP contribution in [0.2, 0.25) is 0 Å². The van der Waals surface area contributed by atoms with Crippen LogP contribution < -0.4 is 5.19 Å². The van der Waals surface area contributed by atoms with E-state index in [9.17, 15) is 0 Å². The summed E-state index contributed by atoms with van der Waals surface area (Å²) in [5.41, 5.74) is 1.41. The van der Waals surface area contributed by atoms with Gasteiger partial charge in [-0.2, -0.15) is 0 Å². The van der Waals surface area contributed by atoms with Crippen LogP contribution in [-0.4, -0.2) is 10.2 Å². The largest absolute Gasteiger partial charge is 0.0630 e. The highest BCUT2D eigenvalue weighted by atomic mass is 127. The Kier molecular flexibility index (Phi) is 2.29. The molecule has 0 aromatic heterocycles. The highest BCUT2D eigenvalue weighted by Crippen LogP contribution is 2.05. The molecule has 0 spiro atoms. The minimum absolute atomic E-state index is 1.17. The molecule has 0 unspecified atom stereocenters. The molecule has 0 bridgehead atoms. The van der Waals surface area contributed by atoms with Gasteiger partial charge in [-0.1, -0.05) is 23.4 Å². The molecule has 0 amide bonds. The SMILES string of the molecule is Cc1cccc([SiH3])c1I. The molecule has 0 saturated heterocycles. The third kappa shape index (κ3) is 1.55. The summed E-state index contributed by atoms with van der Waals surface area (Å²) in [4.78, 5) is 0. The first-order chi connectivity index (χ1) is 4.22. The lowest BCUT2D eigenvalue weighted by Gasteiger charge is -1.99. The Bertz CT molecular complexity index is 200. The van der Waals surface area contributed by atoms with Crippen molar-refractivity contribution in [1.82, 2.24) is 0 Å². The maximum Gasteiger partial charge on any atom is 0.0399 e. The summed E-state index contributed by atoms with van der Waals surface area (Å²) in [5.74, 6) is 0. The van der Waals surface area contributed by atoms with Crippen molar-refractivity contribution in [3.05, 3.63) is 27.3 Å². The van der Waals surface area contributed by atoms with Gasteiger partial charge >= 0.3 is 0 Å². The van der Waals surface area contributed by atoms with Crippen LogP contribution >= 0.6 is 22.6 Å². The van der Waals surface area contributed by atoms with E-state index < -0.39 is 0 Å². The van der Waals surface area contributed by atoms with Crippen molar-refractivity contribution in [1.29, 1.82) is 0 Å². The van der Waals surface area contributed by atoms with Gasteiger partial charge in [0.05, 0.1) is 0 Å². The van der Waals surface area contributed by atoms with Crippen molar-refractivity contribution in [2.45, 2.75) is 6.92 Å². The van der Waals surface area contributed by atoms with Gasteiger partial charge in [-0.15, -0.1) is 0 Å². The van der Waals surface area contributed by atoms with Crippen LogP contribution in [0.1, 0.15) is 5.56 Å². The number of halogens is 1. The summed E-state index contributed by atoms with van der Waals surface area (Å²) in [7, 11) is 1.17. The van der Waals surface area contributed by atoms with Crippen molar-refractivity contribution < 1.29 is 0 Å². The summed E-state index contributed by atoms with van der Waals surface area (Å²) in [6, 6.07) is 6.48. The Labute approximate surface area is 72.2 Å². The standard InChI is InChI=1S/C7H9ISi/c1-5-3-2-4-6(9)7(5)8/h2-4H,1,9H3. The molecule has 0 aliphatic rings. The molecule has 0 saturated carbocycles. The molecule has 0 aliphatic heterocycles. The maximum atomic E-state index is 2.40. The zero-order valence-electron chi connectivity index (χ0n) is 5.61. The summed E-state index contributed by atoms with van der Waals surface area (Å²) in [5, 5.41) is 1.51. The van der Waals surface area contributed by atoms with Gasteiger partial charge in [-0.3, -0.25) is 0 Å². The lowest BCUT2D eigenvalue weighted by Crippen LogP contribution is -2.07. The zero-order chi connectivity index (χ0) is 6.85. The van der Waals surface area contributed by atoms with Gasteiger partial charge in [0.15, 0.2) is 0 Å². The smallest absolute Gasteiger partial charge is 0.0399 e. The summed E-state index contributed by atoms with van der Waals surface area (Å²) < 4.78 is 1.45. The van der Waals surface area contributed by atoms with E-state index in [2.05, 4.69) is 47.7 Å². The fourth-order valence-electron chi connectivity index (χ4n) is 0.794. The Balaban J connectivity index is 3.25. The van der Waals surface area contributed by atoms with E-state index in [1.54, 1.807) is 0 Å². The molecule has 2 heteroatoms. The first kappa shape index (κ1) is 7.28. The van der Waals surface area contributed by atoms with Crippen LogP contribution in [0.15, 0.2) is 18.2 Å². The first-order valence-corrected chi connectivity index (χ1v) is 5.01. The van der Waals surface area contributed by atoms with Gasteiger partial charge in [-0.05, 0) is 35.1 Å². The normalized spacial score (nSPS) is 10.0. The van der Waals surface area contributed by atoms with E-state index in [4.69, 9.17) is 0 Å².